The molecule has 4 nitrogen and oxygen atoms in total. The number of phenols is 1. The summed E-state index contributed by atoms with van der Waals surface area (Å²) in [6.45, 7) is 6.53. The highest BCUT2D eigenvalue weighted by Crippen LogP contribution is 2.35. The van der Waals surface area contributed by atoms with Gasteiger partial charge in [-0.25, -0.2) is 0 Å². The first-order valence-electron chi connectivity index (χ1n) is 10.7. The fourth-order valence-corrected chi connectivity index (χ4v) is 3.82. The van der Waals surface area contributed by atoms with Crippen molar-refractivity contribution in [1.29, 1.82) is 0 Å². The number of ether oxygens (including phenoxy) is 1. The number of hydrogen-bond acceptors (Lipinski definition) is 4. The van der Waals surface area contributed by atoms with Gasteiger partial charge in [0.25, 0.3) is 0 Å². The summed E-state index contributed by atoms with van der Waals surface area (Å²) < 4.78 is 5.91. The molecule has 27 heavy (non-hydrogen) atoms. The molecule has 2 rings (SSSR count). The molecular formula is C23H39NO3. The minimum atomic E-state index is -0.513. The molecule has 0 aromatic heterocycles. The summed E-state index contributed by atoms with van der Waals surface area (Å²) in [7, 11) is 0. The van der Waals surface area contributed by atoms with E-state index in [9.17, 15) is 10.2 Å². The minimum absolute atomic E-state index is 0.0184. The number of aliphatic hydroxyl groups is 1. The summed E-state index contributed by atoms with van der Waals surface area (Å²) in [6, 6.07) is 5.63. The number of nitrogens with two attached hydrogens (primary N) is 1. The smallest absolute Gasteiger partial charge is 0.161 e. The van der Waals surface area contributed by atoms with Crippen LogP contribution in [-0.2, 0) is 6.42 Å². The zero-order valence-electron chi connectivity index (χ0n) is 17.4. The lowest BCUT2D eigenvalue weighted by Gasteiger charge is -2.35. The van der Waals surface area contributed by atoms with Crippen molar-refractivity contribution in [3.05, 3.63) is 23.8 Å². The third-order valence-corrected chi connectivity index (χ3v) is 5.89. The number of aryl methyl sites for hydroxylation is 1. The van der Waals surface area contributed by atoms with Gasteiger partial charge in [-0.15, -0.1) is 0 Å². The van der Waals surface area contributed by atoms with Gasteiger partial charge in [0.15, 0.2) is 11.5 Å². The number of rotatable bonds is 12. The molecule has 0 spiro atoms. The first-order chi connectivity index (χ1) is 12.8. The van der Waals surface area contributed by atoms with Gasteiger partial charge in [-0.05, 0) is 68.6 Å². The normalized spacial score (nSPS) is 18.1. The van der Waals surface area contributed by atoms with Gasteiger partial charge < -0.3 is 20.7 Å². The molecule has 1 saturated carbocycles. The van der Waals surface area contributed by atoms with Crippen LogP contribution in [0.3, 0.4) is 0 Å². The summed E-state index contributed by atoms with van der Waals surface area (Å²) >= 11 is 0. The third kappa shape index (κ3) is 7.34. The van der Waals surface area contributed by atoms with Crippen molar-refractivity contribution in [3.8, 4) is 11.5 Å². The lowest BCUT2D eigenvalue weighted by atomic mass is 9.75. The highest BCUT2D eigenvalue weighted by atomic mass is 16.5. The highest BCUT2D eigenvalue weighted by Gasteiger charge is 2.30. The van der Waals surface area contributed by atoms with E-state index in [0.29, 0.717) is 17.6 Å². The fraction of sp³-hybridized carbons (Fsp3) is 0.739. The van der Waals surface area contributed by atoms with Crippen molar-refractivity contribution in [2.24, 2.45) is 17.6 Å². The third-order valence-electron chi connectivity index (χ3n) is 5.89. The van der Waals surface area contributed by atoms with Gasteiger partial charge in [0.1, 0.15) is 0 Å². The number of aromatic hydroxyl groups is 1. The van der Waals surface area contributed by atoms with E-state index in [1.165, 1.54) is 25.7 Å². The van der Waals surface area contributed by atoms with Gasteiger partial charge >= 0.3 is 0 Å². The van der Waals surface area contributed by atoms with Crippen LogP contribution < -0.4 is 10.5 Å². The van der Waals surface area contributed by atoms with E-state index in [2.05, 4.69) is 20.8 Å². The molecule has 0 amide bonds. The molecule has 1 aliphatic carbocycles. The average molecular weight is 378 g/mol. The molecule has 1 aromatic rings. The predicted octanol–water partition coefficient (Wildman–Crippen LogP) is 4.80. The Bertz CT molecular complexity index is 571. The quantitative estimate of drug-likeness (QED) is 0.489. The van der Waals surface area contributed by atoms with Gasteiger partial charge in [-0.2, -0.15) is 0 Å². The Morgan fingerprint density at radius 3 is 2.52 bits per heavy atom. The van der Waals surface area contributed by atoms with Crippen LogP contribution >= 0.6 is 0 Å². The van der Waals surface area contributed by atoms with Gasteiger partial charge in [-0.1, -0.05) is 45.6 Å². The van der Waals surface area contributed by atoms with Crippen molar-refractivity contribution >= 4 is 0 Å². The molecule has 1 fully saturated rings. The second-order valence-corrected chi connectivity index (χ2v) is 9.08. The first-order valence-corrected chi connectivity index (χ1v) is 10.7. The molecule has 0 aliphatic heterocycles. The molecular weight excluding hydrogens is 338 g/mol. The number of aliphatic hydroxyl groups excluding tert-OH is 1. The van der Waals surface area contributed by atoms with Crippen molar-refractivity contribution in [3.63, 3.8) is 0 Å². The van der Waals surface area contributed by atoms with E-state index in [-0.39, 0.29) is 18.5 Å². The van der Waals surface area contributed by atoms with E-state index < -0.39 is 5.54 Å². The molecule has 0 heterocycles. The zero-order chi connectivity index (χ0) is 19.9. The summed E-state index contributed by atoms with van der Waals surface area (Å²) in [5, 5.41) is 20.1. The fourth-order valence-electron chi connectivity index (χ4n) is 3.82. The topological polar surface area (TPSA) is 75.7 Å². The van der Waals surface area contributed by atoms with Crippen molar-refractivity contribution < 1.29 is 14.9 Å². The Morgan fingerprint density at radius 1 is 1.22 bits per heavy atom. The largest absolute Gasteiger partial charge is 0.504 e. The molecule has 0 saturated heterocycles. The number of benzene rings is 1. The molecule has 0 bridgehead atoms. The maximum atomic E-state index is 10.3. The lowest BCUT2D eigenvalue weighted by molar-refractivity contribution is 0.135. The van der Waals surface area contributed by atoms with Gasteiger partial charge in [-0.3, -0.25) is 0 Å². The maximum Gasteiger partial charge on any atom is 0.161 e. The summed E-state index contributed by atoms with van der Waals surface area (Å²) in [4.78, 5) is 0. The minimum Gasteiger partial charge on any atom is -0.504 e. The predicted molar refractivity (Wildman–Crippen MR) is 111 cm³/mol. The summed E-state index contributed by atoms with van der Waals surface area (Å²) in [5.41, 5.74) is 6.94. The summed E-state index contributed by atoms with van der Waals surface area (Å²) in [6.07, 6.45) is 9.56. The SMILES string of the molecule is CC(C)CCCC(C)Oc1ccc(CCC(N)(CO)CC2CCC2)cc1O. The standard InChI is InChI=1S/C23H39NO3/c1-17(2)6-4-7-18(3)27-22-11-10-19(14-21(22)26)12-13-23(24,16-25)15-20-8-5-9-20/h10-11,14,17-18,20,25-26H,4-9,12-13,15-16,24H2,1-3H3. The molecule has 1 aliphatic rings. The average Bonchev–Trinajstić information content (AvgIpc) is 2.58. The maximum absolute atomic E-state index is 10.3. The van der Waals surface area contributed by atoms with Crippen LogP contribution in [0.25, 0.3) is 0 Å². The van der Waals surface area contributed by atoms with Crippen LogP contribution in [0.1, 0.15) is 77.7 Å². The van der Waals surface area contributed by atoms with E-state index in [4.69, 9.17) is 10.5 Å². The number of hydrogen-bond donors (Lipinski definition) is 3. The highest BCUT2D eigenvalue weighted by molar-refractivity contribution is 5.42. The van der Waals surface area contributed by atoms with Gasteiger partial charge in [0.05, 0.1) is 12.7 Å². The second-order valence-electron chi connectivity index (χ2n) is 9.08. The van der Waals surface area contributed by atoms with Crippen LogP contribution in [0.4, 0.5) is 0 Å². The Kier molecular flexibility index (Phi) is 8.43. The first kappa shape index (κ1) is 22.0. The van der Waals surface area contributed by atoms with E-state index in [0.717, 1.165) is 37.7 Å². The van der Waals surface area contributed by atoms with Crippen molar-refractivity contribution in [2.75, 3.05) is 6.61 Å². The van der Waals surface area contributed by atoms with Crippen molar-refractivity contribution in [2.45, 2.75) is 90.2 Å². The van der Waals surface area contributed by atoms with Gasteiger partial charge in [0, 0.05) is 5.54 Å². The lowest BCUT2D eigenvalue weighted by Crippen LogP contribution is -2.46. The molecule has 2 atom stereocenters. The van der Waals surface area contributed by atoms with Crippen LogP contribution in [0.5, 0.6) is 11.5 Å². The Balaban J connectivity index is 1.84. The molecule has 1 aromatic carbocycles. The van der Waals surface area contributed by atoms with Crippen LogP contribution in [0.15, 0.2) is 18.2 Å². The van der Waals surface area contributed by atoms with Crippen LogP contribution in [-0.4, -0.2) is 28.5 Å². The van der Waals surface area contributed by atoms with Crippen LogP contribution in [0.2, 0.25) is 0 Å². The zero-order valence-corrected chi connectivity index (χ0v) is 17.4. The van der Waals surface area contributed by atoms with E-state index in [1.807, 2.05) is 12.1 Å². The molecule has 154 valence electrons. The van der Waals surface area contributed by atoms with Crippen LogP contribution in [0, 0.1) is 11.8 Å². The molecule has 0 radical (unpaired) electrons. The van der Waals surface area contributed by atoms with E-state index in [1.54, 1.807) is 6.07 Å². The molecule has 4 N–H and O–H groups in total. The molecule has 2 unspecified atom stereocenters. The monoisotopic (exact) mass is 377 g/mol. The van der Waals surface area contributed by atoms with Crippen molar-refractivity contribution in [1.82, 2.24) is 0 Å². The molecule has 4 heteroatoms. The Hall–Kier alpha value is -1.26. The second kappa shape index (κ2) is 10.3. The Morgan fingerprint density at radius 2 is 1.96 bits per heavy atom. The number of phenolic OH excluding ortho intramolecular Hbond substituents is 1. The van der Waals surface area contributed by atoms with E-state index >= 15 is 0 Å². The Labute approximate surface area is 165 Å². The van der Waals surface area contributed by atoms with Gasteiger partial charge in [0.2, 0.25) is 0 Å². The summed E-state index contributed by atoms with van der Waals surface area (Å²) in [5.74, 6) is 2.12.